The summed E-state index contributed by atoms with van der Waals surface area (Å²) in [4.78, 5) is 12.2. The van der Waals surface area contributed by atoms with Gasteiger partial charge in [-0.1, -0.05) is 24.3 Å². The molecule has 4 heteroatoms. The third-order valence-electron chi connectivity index (χ3n) is 3.65. The predicted molar refractivity (Wildman–Crippen MR) is 83.7 cm³/mol. The van der Waals surface area contributed by atoms with Crippen molar-refractivity contribution in [2.24, 2.45) is 0 Å². The number of rotatable bonds is 2. The van der Waals surface area contributed by atoms with Crippen molar-refractivity contribution in [1.82, 2.24) is 5.32 Å². The summed E-state index contributed by atoms with van der Waals surface area (Å²) in [6, 6.07) is 13.8. The molecule has 0 spiro atoms. The van der Waals surface area contributed by atoms with Crippen molar-refractivity contribution in [2.75, 3.05) is 5.73 Å². The fraction of sp³-hybridized carbons (Fsp3) is 0.188. The normalized spacial score (nSPS) is 14.1. The number of amides is 1. The lowest BCUT2D eigenvalue weighted by molar-refractivity contribution is 0.0938. The number of carbonyl (C=O) groups excluding carboxylic acids is 1. The number of carbonyl (C=O) groups is 1. The molecular formula is C16H15BrN2O. The Balaban J connectivity index is 1.70. The number of anilines is 1. The Morgan fingerprint density at radius 1 is 1.15 bits per heavy atom. The molecule has 2 aromatic carbocycles. The van der Waals surface area contributed by atoms with Crippen molar-refractivity contribution in [2.45, 2.75) is 18.9 Å². The van der Waals surface area contributed by atoms with Crippen LogP contribution in [0.2, 0.25) is 0 Å². The summed E-state index contributed by atoms with van der Waals surface area (Å²) in [5.74, 6) is -0.0523. The van der Waals surface area contributed by atoms with Crippen LogP contribution >= 0.6 is 15.9 Å². The molecule has 0 radical (unpaired) electrons. The summed E-state index contributed by atoms with van der Waals surface area (Å²) < 4.78 is 0.750. The average molecular weight is 331 g/mol. The number of fused-ring (bicyclic) bond motifs is 1. The zero-order chi connectivity index (χ0) is 14.1. The molecule has 1 aliphatic carbocycles. The van der Waals surface area contributed by atoms with Gasteiger partial charge in [-0.2, -0.15) is 0 Å². The molecule has 0 saturated carbocycles. The summed E-state index contributed by atoms with van der Waals surface area (Å²) >= 11 is 3.35. The van der Waals surface area contributed by atoms with Gasteiger partial charge in [-0.25, -0.2) is 0 Å². The molecule has 0 unspecified atom stereocenters. The van der Waals surface area contributed by atoms with Crippen LogP contribution in [0.15, 0.2) is 46.9 Å². The third kappa shape index (κ3) is 2.56. The van der Waals surface area contributed by atoms with E-state index in [1.54, 1.807) is 18.2 Å². The zero-order valence-electron chi connectivity index (χ0n) is 10.9. The van der Waals surface area contributed by atoms with Gasteiger partial charge in [-0.05, 0) is 58.1 Å². The van der Waals surface area contributed by atoms with E-state index in [4.69, 9.17) is 5.73 Å². The topological polar surface area (TPSA) is 55.1 Å². The highest BCUT2D eigenvalue weighted by Crippen LogP contribution is 2.23. The van der Waals surface area contributed by atoms with Crippen molar-refractivity contribution in [3.8, 4) is 0 Å². The molecular weight excluding hydrogens is 316 g/mol. The molecule has 2 aromatic rings. The minimum atomic E-state index is -0.0523. The van der Waals surface area contributed by atoms with Crippen LogP contribution in [-0.4, -0.2) is 11.9 Å². The van der Waals surface area contributed by atoms with E-state index in [-0.39, 0.29) is 11.9 Å². The first kappa shape index (κ1) is 13.2. The van der Waals surface area contributed by atoms with E-state index in [2.05, 4.69) is 33.4 Å². The summed E-state index contributed by atoms with van der Waals surface area (Å²) in [7, 11) is 0. The fourth-order valence-electron chi connectivity index (χ4n) is 2.60. The van der Waals surface area contributed by atoms with Gasteiger partial charge in [0.05, 0.1) is 0 Å². The van der Waals surface area contributed by atoms with E-state index in [1.807, 2.05) is 12.1 Å². The van der Waals surface area contributed by atoms with Gasteiger partial charge < -0.3 is 11.1 Å². The molecule has 0 bridgehead atoms. The molecule has 0 fully saturated rings. The molecule has 3 nitrogen and oxygen atoms in total. The van der Waals surface area contributed by atoms with E-state index in [9.17, 15) is 4.79 Å². The van der Waals surface area contributed by atoms with Crippen LogP contribution in [-0.2, 0) is 12.8 Å². The van der Waals surface area contributed by atoms with E-state index < -0.39 is 0 Å². The Morgan fingerprint density at radius 3 is 2.40 bits per heavy atom. The molecule has 0 aromatic heterocycles. The Bertz CT molecular complexity index is 644. The monoisotopic (exact) mass is 330 g/mol. The molecule has 0 aliphatic heterocycles. The smallest absolute Gasteiger partial charge is 0.251 e. The fourth-order valence-corrected chi connectivity index (χ4v) is 2.98. The summed E-state index contributed by atoms with van der Waals surface area (Å²) in [6.45, 7) is 0. The molecule has 0 heterocycles. The van der Waals surface area contributed by atoms with Crippen LogP contribution in [0.25, 0.3) is 0 Å². The van der Waals surface area contributed by atoms with Crippen LogP contribution in [0.5, 0.6) is 0 Å². The van der Waals surface area contributed by atoms with Crippen LogP contribution in [0, 0.1) is 0 Å². The maximum absolute atomic E-state index is 12.2. The minimum absolute atomic E-state index is 0.0523. The second-order valence-corrected chi connectivity index (χ2v) is 5.94. The average Bonchev–Trinajstić information content (AvgIpc) is 2.83. The molecule has 3 rings (SSSR count). The van der Waals surface area contributed by atoms with Gasteiger partial charge in [-0.3, -0.25) is 4.79 Å². The molecule has 20 heavy (non-hydrogen) atoms. The van der Waals surface area contributed by atoms with E-state index in [0.29, 0.717) is 11.3 Å². The van der Waals surface area contributed by atoms with Crippen LogP contribution in [0.1, 0.15) is 21.5 Å². The molecule has 3 N–H and O–H groups in total. The number of hydrogen-bond donors (Lipinski definition) is 2. The number of nitrogens with one attached hydrogen (secondary N) is 1. The maximum atomic E-state index is 12.2. The van der Waals surface area contributed by atoms with Gasteiger partial charge >= 0.3 is 0 Å². The number of halogens is 1. The van der Waals surface area contributed by atoms with Gasteiger partial charge in [0.25, 0.3) is 5.91 Å². The van der Waals surface area contributed by atoms with Crippen molar-refractivity contribution >= 4 is 27.5 Å². The highest BCUT2D eigenvalue weighted by atomic mass is 79.9. The van der Waals surface area contributed by atoms with Crippen molar-refractivity contribution in [3.05, 3.63) is 63.6 Å². The number of hydrogen-bond acceptors (Lipinski definition) is 2. The lowest BCUT2D eigenvalue weighted by atomic mass is 10.1. The standard InChI is InChI=1S/C16H15BrN2O/c17-14-9-12(5-6-15(14)18)16(20)19-13-7-10-3-1-2-4-11(10)8-13/h1-6,9,13H,7-8,18H2,(H,19,20). The molecule has 102 valence electrons. The van der Waals surface area contributed by atoms with E-state index >= 15 is 0 Å². The van der Waals surface area contributed by atoms with Crippen LogP contribution < -0.4 is 11.1 Å². The second kappa shape index (κ2) is 5.29. The Hall–Kier alpha value is -1.81. The van der Waals surface area contributed by atoms with Crippen molar-refractivity contribution in [1.29, 1.82) is 0 Å². The molecule has 1 aliphatic rings. The maximum Gasteiger partial charge on any atom is 0.251 e. The summed E-state index contributed by atoms with van der Waals surface area (Å²) in [6.07, 6.45) is 1.80. The summed E-state index contributed by atoms with van der Waals surface area (Å²) in [5.41, 5.74) is 9.65. The van der Waals surface area contributed by atoms with Crippen molar-refractivity contribution in [3.63, 3.8) is 0 Å². The third-order valence-corrected chi connectivity index (χ3v) is 4.34. The Morgan fingerprint density at radius 2 is 1.80 bits per heavy atom. The Kier molecular flexibility index (Phi) is 3.49. The second-order valence-electron chi connectivity index (χ2n) is 5.08. The van der Waals surface area contributed by atoms with Gasteiger partial charge in [0, 0.05) is 21.8 Å². The minimum Gasteiger partial charge on any atom is -0.398 e. The lowest BCUT2D eigenvalue weighted by Gasteiger charge is -2.12. The molecule has 1 amide bonds. The van der Waals surface area contributed by atoms with E-state index in [0.717, 1.165) is 17.3 Å². The van der Waals surface area contributed by atoms with Crippen molar-refractivity contribution < 1.29 is 4.79 Å². The first-order valence-corrected chi connectivity index (χ1v) is 7.35. The number of nitrogen functional groups attached to an aromatic ring is 1. The van der Waals surface area contributed by atoms with Crippen LogP contribution in [0.3, 0.4) is 0 Å². The van der Waals surface area contributed by atoms with E-state index in [1.165, 1.54) is 11.1 Å². The number of nitrogens with two attached hydrogens (primary N) is 1. The quantitative estimate of drug-likeness (QED) is 0.832. The van der Waals surface area contributed by atoms with Gasteiger partial charge in [-0.15, -0.1) is 0 Å². The molecule has 0 atom stereocenters. The lowest BCUT2D eigenvalue weighted by Crippen LogP contribution is -2.35. The van der Waals surface area contributed by atoms with Gasteiger partial charge in [0.15, 0.2) is 0 Å². The zero-order valence-corrected chi connectivity index (χ0v) is 12.5. The highest BCUT2D eigenvalue weighted by molar-refractivity contribution is 9.10. The highest BCUT2D eigenvalue weighted by Gasteiger charge is 2.22. The largest absolute Gasteiger partial charge is 0.398 e. The Labute approximate surface area is 126 Å². The van der Waals surface area contributed by atoms with Gasteiger partial charge in [0.1, 0.15) is 0 Å². The SMILES string of the molecule is Nc1ccc(C(=O)NC2Cc3ccccc3C2)cc1Br. The first-order valence-electron chi connectivity index (χ1n) is 6.56. The van der Waals surface area contributed by atoms with Gasteiger partial charge in [0.2, 0.25) is 0 Å². The summed E-state index contributed by atoms with van der Waals surface area (Å²) in [5, 5.41) is 3.09. The molecule has 0 saturated heterocycles. The predicted octanol–water partition coefficient (Wildman–Crippen LogP) is 2.93. The first-order chi connectivity index (χ1) is 9.63. The van der Waals surface area contributed by atoms with Crippen LogP contribution in [0.4, 0.5) is 5.69 Å². The number of benzene rings is 2.